The second-order valence-electron chi connectivity index (χ2n) is 11.5. The van der Waals surface area contributed by atoms with E-state index in [4.69, 9.17) is 23.2 Å². The van der Waals surface area contributed by atoms with E-state index < -0.39 is 23.1 Å². The first-order valence-electron chi connectivity index (χ1n) is 15.1. The number of anilines is 1. The van der Waals surface area contributed by atoms with Crippen molar-refractivity contribution < 1.29 is 33.8 Å². The van der Waals surface area contributed by atoms with Crippen molar-refractivity contribution in [2.24, 2.45) is 5.41 Å². The molecule has 1 amide bonds. The fourth-order valence-corrected chi connectivity index (χ4v) is 4.41. The maximum atomic E-state index is 11.9. The summed E-state index contributed by atoms with van der Waals surface area (Å²) in [7, 11) is 0. The molecule has 0 bridgehead atoms. The molecular formula is C38H38Cl2N4O7. The van der Waals surface area contributed by atoms with Crippen LogP contribution in [0, 0.1) is 5.41 Å². The Labute approximate surface area is 306 Å². The topological polar surface area (TPSA) is 166 Å². The van der Waals surface area contributed by atoms with E-state index in [1.165, 1.54) is 31.3 Å². The molecule has 0 unspecified atom stereocenters. The minimum Gasteiger partial charge on any atom is -0.478 e. The van der Waals surface area contributed by atoms with E-state index in [1.807, 2.05) is 6.07 Å². The zero-order valence-corrected chi connectivity index (χ0v) is 29.4. The van der Waals surface area contributed by atoms with Crippen LogP contribution in [0.1, 0.15) is 73.1 Å². The highest BCUT2D eigenvalue weighted by molar-refractivity contribution is 6.42. The number of ketones is 2. The Morgan fingerprint density at radius 3 is 2.02 bits per heavy atom. The zero-order valence-electron chi connectivity index (χ0n) is 27.9. The van der Waals surface area contributed by atoms with Gasteiger partial charge in [-0.25, -0.2) is 24.5 Å². The molecular weight excluding hydrogens is 695 g/mol. The molecule has 13 heteroatoms. The highest BCUT2D eigenvalue weighted by Crippen LogP contribution is 2.26. The monoisotopic (exact) mass is 732 g/mol. The normalized spacial score (nSPS) is 10.3. The van der Waals surface area contributed by atoms with Crippen LogP contribution in [0.2, 0.25) is 10.0 Å². The number of aromatic nitrogens is 3. The summed E-state index contributed by atoms with van der Waals surface area (Å²) in [4.78, 5) is 69.9. The first kappa shape index (κ1) is 41.7. The molecule has 0 fully saturated rings. The summed E-state index contributed by atoms with van der Waals surface area (Å²) in [5.41, 5.74) is 1.92. The van der Waals surface area contributed by atoms with Crippen LogP contribution >= 0.6 is 23.2 Å². The van der Waals surface area contributed by atoms with Gasteiger partial charge in [-0.1, -0.05) is 75.7 Å². The van der Waals surface area contributed by atoms with E-state index in [1.54, 1.807) is 88.5 Å². The number of hydrogen-bond acceptors (Lipinski definition) is 9. The molecule has 0 aliphatic rings. The summed E-state index contributed by atoms with van der Waals surface area (Å²) < 4.78 is 4.66. The molecule has 0 spiro atoms. The number of nitrogens with zero attached hydrogens (tertiary/aromatic N) is 3. The largest absolute Gasteiger partial charge is 0.478 e. The second kappa shape index (κ2) is 19.0. The SMILES string of the molecule is C.CC(=O)c1cccc(Cl)c1.CCOC(=O)C(=O)c1cccnc1NC(=O)C(C)(C)C.O=C(O)c1cc(-c2cccc(Cl)c2)nc2ncccc12. The summed E-state index contributed by atoms with van der Waals surface area (Å²) >= 11 is 11.6. The van der Waals surface area contributed by atoms with Gasteiger partial charge in [0, 0.05) is 44.4 Å². The molecule has 0 radical (unpaired) electrons. The molecule has 0 aliphatic heterocycles. The number of hydrogen-bond donors (Lipinski definition) is 2. The molecule has 51 heavy (non-hydrogen) atoms. The van der Waals surface area contributed by atoms with Crippen LogP contribution in [0.15, 0.2) is 91.3 Å². The van der Waals surface area contributed by atoms with Crippen molar-refractivity contribution in [3.05, 3.63) is 118 Å². The molecule has 0 atom stereocenters. The number of ether oxygens (including phenoxy) is 1. The molecule has 5 rings (SSSR count). The number of benzene rings is 2. The van der Waals surface area contributed by atoms with Crippen molar-refractivity contribution >= 4 is 69.5 Å². The van der Waals surface area contributed by atoms with Crippen LogP contribution < -0.4 is 5.32 Å². The summed E-state index contributed by atoms with van der Waals surface area (Å²) in [6.45, 7) is 8.44. The molecule has 3 heterocycles. The number of pyridine rings is 3. The van der Waals surface area contributed by atoms with Crippen LogP contribution in [-0.4, -0.2) is 56.1 Å². The number of Topliss-reactive ketones (excluding diaryl/α,β-unsaturated/α-hetero) is 2. The van der Waals surface area contributed by atoms with Gasteiger partial charge in [0.25, 0.3) is 5.78 Å². The lowest BCUT2D eigenvalue weighted by Crippen LogP contribution is -2.29. The van der Waals surface area contributed by atoms with E-state index in [0.29, 0.717) is 32.3 Å². The van der Waals surface area contributed by atoms with Gasteiger partial charge >= 0.3 is 11.9 Å². The molecule has 11 nitrogen and oxygen atoms in total. The van der Waals surface area contributed by atoms with Gasteiger partial charge in [0.2, 0.25) is 5.91 Å². The van der Waals surface area contributed by atoms with Crippen LogP contribution in [0.25, 0.3) is 22.3 Å². The molecule has 3 aromatic heterocycles. The van der Waals surface area contributed by atoms with Crippen LogP contribution in [-0.2, 0) is 14.3 Å². The summed E-state index contributed by atoms with van der Waals surface area (Å²) in [6.07, 6.45) is 3.02. The van der Waals surface area contributed by atoms with Gasteiger partial charge in [-0.05, 0) is 68.4 Å². The smallest absolute Gasteiger partial charge is 0.379 e. The predicted molar refractivity (Wildman–Crippen MR) is 198 cm³/mol. The first-order chi connectivity index (χ1) is 23.6. The van der Waals surface area contributed by atoms with E-state index in [2.05, 4.69) is 25.0 Å². The van der Waals surface area contributed by atoms with Crippen molar-refractivity contribution in [2.75, 3.05) is 11.9 Å². The number of carbonyl (C=O) groups is 5. The molecule has 5 aromatic rings. The van der Waals surface area contributed by atoms with Gasteiger partial charge in [-0.2, -0.15) is 0 Å². The highest BCUT2D eigenvalue weighted by Gasteiger charge is 2.26. The predicted octanol–water partition coefficient (Wildman–Crippen LogP) is 8.64. The number of carboxylic acid groups (broad SMARTS) is 1. The van der Waals surface area contributed by atoms with E-state index >= 15 is 0 Å². The zero-order chi connectivity index (χ0) is 37.0. The molecule has 0 aliphatic carbocycles. The van der Waals surface area contributed by atoms with Crippen molar-refractivity contribution in [3.8, 4) is 11.3 Å². The average molecular weight is 734 g/mol. The molecule has 266 valence electrons. The van der Waals surface area contributed by atoms with Crippen LogP contribution in [0.5, 0.6) is 0 Å². The third-order valence-corrected chi connectivity index (χ3v) is 7.06. The number of carbonyl (C=O) groups excluding carboxylic acids is 4. The number of amides is 1. The lowest BCUT2D eigenvalue weighted by atomic mass is 9.95. The summed E-state index contributed by atoms with van der Waals surface area (Å²) in [5, 5.41) is 13.6. The number of halogens is 2. The van der Waals surface area contributed by atoms with Gasteiger partial charge in [0.05, 0.1) is 23.4 Å². The third-order valence-electron chi connectivity index (χ3n) is 6.59. The van der Waals surface area contributed by atoms with Gasteiger partial charge < -0.3 is 15.2 Å². The fourth-order valence-electron chi connectivity index (χ4n) is 4.03. The number of fused-ring (bicyclic) bond motifs is 1. The van der Waals surface area contributed by atoms with E-state index in [9.17, 15) is 29.1 Å². The van der Waals surface area contributed by atoms with Crippen molar-refractivity contribution in [1.82, 2.24) is 15.0 Å². The first-order valence-corrected chi connectivity index (χ1v) is 15.9. The van der Waals surface area contributed by atoms with Crippen molar-refractivity contribution in [3.63, 3.8) is 0 Å². The Bertz CT molecular complexity index is 2050. The Kier molecular flexibility index (Phi) is 15.5. The Hall–Kier alpha value is -5.52. The number of esters is 1. The maximum absolute atomic E-state index is 11.9. The molecule has 2 N–H and O–H groups in total. The Balaban J connectivity index is 0.000000277. The highest BCUT2D eigenvalue weighted by atomic mass is 35.5. The van der Waals surface area contributed by atoms with Crippen LogP contribution in [0.3, 0.4) is 0 Å². The number of nitrogens with one attached hydrogen (secondary N) is 1. The Morgan fingerprint density at radius 1 is 0.824 bits per heavy atom. The van der Waals surface area contributed by atoms with Crippen LogP contribution in [0.4, 0.5) is 5.82 Å². The minimum atomic E-state index is -1.01. The fraction of sp³-hybridized carbons (Fsp3) is 0.211. The maximum Gasteiger partial charge on any atom is 0.379 e. The van der Waals surface area contributed by atoms with E-state index in [-0.39, 0.29) is 42.7 Å². The average Bonchev–Trinajstić information content (AvgIpc) is 3.08. The van der Waals surface area contributed by atoms with Crippen molar-refractivity contribution in [1.29, 1.82) is 0 Å². The van der Waals surface area contributed by atoms with E-state index in [0.717, 1.165) is 5.56 Å². The van der Waals surface area contributed by atoms with Gasteiger partial charge in [-0.3, -0.25) is 14.4 Å². The Morgan fingerprint density at radius 2 is 1.45 bits per heavy atom. The van der Waals surface area contributed by atoms with Gasteiger partial charge in [0.15, 0.2) is 11.4 Å². The number of carboxylic acids is 1. The quantitative estimate of drug-likeness (QED) is 0.0939. The molecule has 2 aromatic carbocycles. The summed E-state index contributed by atoms with van der Waals surface area (Å²) in [6, 6.07) is 21.9. The second-order valence-corrected chi connectivity index (χ2v) is 12.3. The third kappa shape index (κ3) is 12.1. The number of aromatic carboxylic acids is 1. The van der Waals surface area contributed by atoms with Gasteiger partial charge in [0.1, 0.15) is 5.82 Å². The number of rotatable bonds is 7. The molecule has 0 saturated heterocycles. The van der Waals surface area contributed by atoms with Gasteiger partial charge in [-0.15, -0.1) is 0 Å². The lowest BCUT2D eigenvalue weighted by Gasteiger charge is -2.18. The van der Waals surface area contributed by atoms with Crippen molar-refractivity contribution in [2.45, 2.75) is 42.0 Å². The lowest BCUT2D eigenvalue weighted by molar-refractivity contribution is -0.137. The minimum absolute atomic E-state index is 0. The summed E-state index contributed by atoms with van der Waals surface area (Å²) in [5.74, 6) is -2.99. The standard InChI is InChI=1S/C15H9ClN2O2.C14H18N2O4.C8H7ClO.CH4/c16-10-4-1-3-9(7-10)13-8-12(15(19)20)11-5-2-6-17-14(11)18-13;1-5-20-12(18)10(17)9-7-6-8-15-11(9)16-13(19)14(2,3)4;1-6(10)7-3-2-4-8(9)5-7;/h1-8H,(H,19,20);6-8H,5H2,1-4H3,(H,15,16,19);2-5H,1H3;1H4. The molecule has 0 saturated carbocycles.